The number of likely N-dealkylation sites (N-methyl/N-ethyl adjacent to an activating group) is 1. The highest BCUT2D eigenvalue weighted by molar-refractivity contribution is 7.91. The number of sulfone groups is 1. The molecule has 6 nitrogen and oxygen atoms in total. The molecule has 1 saturated heterocycles. The Kier molecular flexibility index (Phi) is 5.86. The Balaban J connectivity index is 1.59. The van der Waals surface area contributed by atoms with Crippen molar-refractivity contribution in [2.24, 2.45) is 0 Å². The van der Waals surface area contributed by atoms with Gasteiger partial charge in [0, 0.05) is 5.69 Å². The van der Waals surface area contributed by atoms with Crippen molar-refractivity contribution >= 4 is 9.84 Å². The minimum atomic E-state index is -2.94. The maximum absolute atomic E-state index is 13.6. The predicted molar refractivity (Wildman–Crippen MR) is 101 cm³/mol. The maximum Gasteiger partial charge on any atom is 0.165 e. The number of hydrogen-bond acceptors (Lipinski definition) is 4. The highest BCUT2D eigenvalue weighted by Crippen LogP contribution is 2.26. The van der Waals surface area contributed by atoms with E-state index in [4.69, 9.17) is 4.74 Å². The number of hydrogen-bond donors (Lipinski definition) is 1. The molecular formula is C19H27FN3O3S+. The summed E-state index contributed by atoms with van der Waals surface area (Å²) in [6.45, 7) is 5.86. The van der Waals surface area contributed by atoms with Crippen LogP contribution in [-0.4, -0.2) is 49.9 Å². The molecule has 0 aliphatic carbocycles. The number of ether oxygens (including phenoxy) is 1. The molecule has 2 aromatic rings. The molecule has 148 valence electrons. The van der Waals surface area contributed by atoms with Gasteiger partial charge in [-0.3, -0.25) is 4.68 Å². The van der Waals surface area contributed by atoms with Gasteiger partial charge in [-0.15, -0.1) is 0 Å². The van der Waals surface area contributed by atoms with Crippen molar-refractivity contribution in [3.8, 4) is 5.75 Å². The fourth-order valence-electron chi connectivity index (χ4n) is 3.56. The number of nitrogens with zero attached hydrogens (tertiary/aromatic N) is 2. The quantitative estimate of drug-likeness (QED) is 0.761. The van der Waals surface area contributed by atoms with Gasteiger partial charge in [-0.05, 0) is 32.4 Å². The van der Waals surface area contributed by atoms with Crippen molar-refractivity contribution in [2.45, 2.75) is 32.9 Å². The third-order valence-corrected chi connectivity index (χ3v) is 6.88. The summed E-state index contributed by atoms with van der Waals surface area (Å²) in [4.78, 5) is 1.22. The van der Waals surface area contributed by atoms with Gasteiger partial charge < -0.3 is 9.64 Å². The van der Waals surface area contributed by atoms with Crippen molar-refractivity contribution < 1.29 is 22.4 Å². The standard InChI is InChI=1S/C19H26FN3O3S/c1-14-17(15(2)23(21-14)16-8-11-27(24,25)13-16)12-22(3)9-10-26-19-7-5-4-6-18(19)20/h4-7,16H,8-13H2,1-3H3/p+1/t16-/m0/s1. The zero-order chi connectivity index (χ0) is 19.6. The molecule has 1 aliphatic heterocycles. The van der Waals surface area contributed by atoms with E-state index in [9.17, 15) is 12.8 Å². The van der Waals surface area contributed by atoms with Crippen LogP contribution >= 0.6 is 0 Å². The first-order valence-corrected chi connectivity index (χ1v) is 11.0. The SMILES string of the molecule is Cc1nn([C@H]2CCS(=O)(=O)C2)c(C)c1C[NH+](C)CCOc1ccccc1F. The summed E-state index contributed by atoms with van der Waals surface area (Å²) in [7, 11) is -0.886. The number of para-hydroxylation sites is 1. The molecule has 1 N–H and O–H groups in total. The average molecular weight is 397 g/mol. The van der Waals surface area contributed by atoms with Gasteiger partial charge in [-0.1, -0.05) is 12.1 Å². The molecule has 1 aromatic heterocycles. The van der Waals surface area contributed by atoms with Crippen LogP contribution in [0.15, 0.2) is 24.3 Å². The Morgan fingerprint density at radius 1 is 1.33 bits per heavy atom. The molecule has 0 spiro atoms. The average Bonchev–Trinajstić information content (AvgIpc) is 3.10. The van der Waals surface area contributed by atoms with Crippen molar-refractivity contribution in [1.29, 1.82) is 0 Å². The molecule has 0 amide bonds. The molecule has 2 atom stereocenters. The molecule has 0 saturated carbocycles. The Hall–Kier alpha value is -1.93. The largest absolute Gasteiger partial charge is 0.485 e. The van der Waals surface area contributed by atoms with E-state index >= 15 is 0 Å². The van der Waals surface area contributed by atoms with E-state index in [2.05, 4.69) is 12.1 Å². The summed E-state index contributed by atoms with van der Waals surface area (Å²) in [6, 6.07) is 6.33. The molecule has 1 unspecified atom stereocenters. The third-order valence-electron chi connectivity index (χ3n) is 5.13. The van der Waals surface area contributed by atoms with Gasteiger partial charge >= 0.3 is 0 Å². The maximum atomic E-state index is 13.6. The Morgan fingerprint density at radius 2 is 2.07 bits per heavy atom. The van der Waals surface area contributed by atoms with Crippen molar-refractivity contribution in [3.63, 3.8) is 0 Å². The van der Waals surface area contributed by atoms with E-state index in [0.717, 1.165) is 30.0 Å². The van der Waals surface area contributed by atoms with E-state index in [1.54, 1.807) is 18.2 Å². The monoisotopic (exact) mass is 396 g/mol. The van der Waals surface area contributed by atoms with E-state index in [0.29, 0.717) is 13.0 Å². The number of rotatable bonds is 7. The Morgan fingerprint density at radius 3 is 2.74 bits per heavy atom. The summed E-state index contributed by atoms with van der Waals surface area (Å²) in [5, 5.41) is 4.61. The van der Waals surface area contributed by atoms with Crippen LogP contribution in [0.2, 0.25) is 0 Å². The minimum Gasteiger partial charge on any atom is -0.485 e. The molecule has 2 heterocycles. The van der Waals surface area contributed by atoms with E-state index in [1.165, 1.54) is 11.0 Å². The molecular weight excluding hydrogens is 369 g/mol. The predicted octanol–water partition coefficient (Wildman–Crippen LogP) is 1.09. The summed E-state index contributed by atoms with van der Waals surface area (Å²) >= 11 is 0. The fraction of sp³-hybridized carbons (Fsp3) is 0.526. The van der Waals surface area contributed by atoms with Crippen molar-refractivity contribution in [2.75, 3.05) is 31.7 Å². The number of benzene rings is 1. The lowest BCUT2D eigenvalue weighted by molar-refractivity contribution is -0.893. The number of halogens is 1. The smallest absolute Gasteiger partial charge is 0.165 e. The van der Waals surface area contributed by atoms with Crippen LogP contribution in [0.1, 0.15) is 29.4 Å². The summed E-state index contributed by atoms with van der Waals surface area (Å²) < 4.78 is 44.5. The summed E-state index contributed by atoms with van der Waals surface area (Å²) in [5.74, 6) is 0.333. The van der Waals surface area contributed by atoms with Gasteiger partial charge in [0.1, 0.15) is 19.7 Å². The number of quaternary nitrogens is 1. The molecule has 0 bridgehead atoms. The summed E-state index contributed by atoms with van der Waals surface area (Å²) in [6.07, 6.45) is 0.628. The number of aromatic nitrogens is 2. The molecule has 1 aliphatic rings. The first-order chi connectivity index (χ1) is 12.8. The zero-order valence-electron chi connectivity index (χ0n) is 16.0. The molecule has 3 rings (SSSR count). The lowest BCUT2D eigenvalue weighted by atomic mass is 10.1. The second kappa shape index (κ2) is 7.98. The van der Waals surface area contributed by atoms with E-state index in [-0.39, 0.29) is 29.1 Å². The molecule has 1 fully saturated rings. The van der Waals surface area contributed by atoms with Gasteiger partial charge in [0.05, 0.1) is 35.9 Å². The molecule has 27 heavy (non-hydrogen) atoms. The van der Waals surface area contributed by atoms with Crippen LogP contribution in [0.3, 0.4) is 0 Å². The van der Waals surface area contributed by atoms with Crippen molar-refractivity contribution in [1.82, 2.24) is 9.78 Å². The van der Waals surface area contributed by atoms with Gasteiger partial charge in [0.15, 0.2) is 21.4 Å². The van der Waals surface area contributed by atoms with Crippen LogP contribution in [0.4, 0.5) is 4.39 Å². The third kappa shape index (κ3) is 4.68. The Labute approximate surface area is 159 Å². The minimum absolute atomic E-state index is 0.0628. The highest BCUT2D eigenvalue weighted by atomic mass is 32.2. The zero-order valence-corrected chi connectivity index (χ0v) is 16.9. The van der Waals surface area contributed by atoms with E-state index in [1.807, 2.05) is 18.5 Å². The van der Waals surface area contributed by atoms with Gasteiger partial charge in [-0.2, -0.15) is 5.10 Å². The van der Waals surface area contributed by atoms with Gasteiger partial charge in [0.25, 0.3) is 0 Å². The second-order valence-electron chi connectivity index (χ2n) is 7.31. The van der Waals surface area contributed by atoms with Crippen molar-refractivity contribution in [3.05, 3.63) is 47.0 Å². The highest BCUT2D eigenvalue weighted by Gasteiger charge is 2.31. The number of aryl methyl sites for hydroxylation is 1. The summed E-state index contributed by atoms with van der Waals surface area (Å²) in [5.41, 5.74) is 3.11. The van der Waals surface area contributed by atoms with Gasteiger partial charge in [0.2, 0.25) is 0 Å². The van der Waals surface area contributed by atoms with E-state index < -0.39 is 9.84 Å². The lowest BCUT2D eigenvalue weighted by Crippen LogP contribution is -3.08. The first-order valence-electron chi connectivity index (χ1n) is 9.20. The second-order valence-corrected chi connectivity index (χ2v) is 9.54. The van der Waals surface area contributed by atoms with Crippen LogP contribution in [-0.2, 0) is 16.4 Å². The molecule has 8 heteroatoms. The molecule has 1 aromatic carbocycles. The first kappa shape index (κ1) is 19.8. The van der Waals surface area contributed by atoms with Crippen LogP contribution in [0, 0.1) is 19.7 Å². The van der Waals surface area contributed by atoms with Gasteiger partial charge in [-0.25, -0.2) is 12.8 Å². The normalized spacial score (nSPS) is 19.9. The fourth-order valence-corrected chi connectivity index (χ4v) is 5.26. The molecule has 0 radical (unpaired) electrons. The topological polar surface area (TPSA) is 65.6 Å². The number of nitrogens with one attached hydrogen (secondary N) is 1. The lowest BCUT2D eigenvalue weighted by Gasteiger charge is -2.16. The van der Waals surface area contributed by atoms with Crippen LogP contribution in [0.25, 0.3) is 0 Å². The van der Waals surface area contributed by atoms with Crippen LogP contribution < -0.4 is 9.64 Å². The van der Waals surface area contributed by atoms with Crippen LogP contribution in [0.5, 0.6) is 5.75 Å². The Bertz CT molecular complexity index is 911.